The molecule has 0 aliphatic rings. The van der Waals surface area contributed by atoms with Crippen LogP contribution in [0.2, 0.25) is 0 Å². The Kier molecular flexibility index (Phi) is 3.19. The topological polar surface area (TPSA) is 110 Å². The van der Waals surface area contributed by atoms with Gasteiger partial charge in [0.15, 0.2) is 0 Å². The van der Waals surface area contributed by atoms with Gasteiger partial charge in [0.05, 0.1) is 5.56 Å². The van der Waals surface area contributed by atoms with Crippen molar-refractivity contribution in [2.75, 3.05) is 11.1 Å². The number of carboxylic acid groups (broad SMARTS) is 1. The lowest BCUT2D eigenvalue weighted by molar-refractivity contribution is 0.0696. The molecule has 1 aromatic heterocycles. The molecule has 0 aliphatic heterocycles. The lowest BCUT2D eigenvalue weighted by Gasteiger charge is -2.05. The van der Waals surface area contributed by atoms with Gasteiger partial charge in [0.25, 0.3) is 5.91 Å². The smallest absolute Gasteiger partial charge is 0.335 e. The third-order valence-corrected chi connectivity index (χ3v) is 2.52. The molecule has 0 atom stereocenters. The highest BCUT2D eigenvalue weighted by atomic mass is 16.4. The number of nitrogen functional groups attached to an aromatic ring is 1. The van der Waals surface area contributed by atoms with Crippen LogP contribution in [0, 0.1) is 0 Å². The molecule has 0 saturated heterocycles. The molecule has 1 aromatic carbocycles. The van der Waals surface area contributed by atoms with E-state index >= 15 is 0 Å². The van der Waals surface area contributed by atoms with E-state index in [9.17, 15) is 9.59 Å². The fraction of sp³-hybridized carbons (Fsp3) is 0.0833. The summed E-state index contributed by atoms with van der Waals surface area (Å²) < 4.78 is 1.37. The van der Waals surface area contributed by atoms with E-state index in [-0.39, 0.29) is 17.3 Å². The molecule has 0 fully saturated rings. The molecular weight excluding hydrogens is 248 g/mol. The second kappa shape index (κ2) is 4.81. The van der Waals surface area contributed by atoms with Gasteiger partial charge in [0.1, 0.15) is 11.5 Å². The van der Waals surface area contributed by atoms with Gasteiger partial charge in [-0.25, -0.2) is 4.79 Å². The number of carboxylic acids is 1. The van der Waals surface area contributed by atoms with E-state index in [0.717, 1.165) is 0 Å². The zero-order valence-corrected chi connectivity index (χ0v) is 10.1. The summed E-state index contributed by atoms with van der Waals surface area (Å²) in [5.74, 6) is -1.12. The molecule has 98 valence electrons. The molecular formula is C12H12N4O3. The van der Waals surface area contributed by atoms with Gasteiger partial charge in [-0.1, -0.05) is 0 Å². The molecule has 0 saturated carbocycles. The Balaban J connectivity index is 2.15. The monoisotopic (exact) mass is 260 g/mol. The highest BCUT2D eigenvalue weighted by molar-refractivity contribution is 6.03. The predicted molar refractivity (Wildman–Crippen MR) is 69.0 cm³/mol. The number of nitrogens with zero attached hydrogens (tertiary/aromatic N) is 2. The first-order chi connectivity index (χ1) is 8.97. The number of carbonyl (C=O) groups excluding carboxylic acids is 1. The van der Waals surface area contributed by atoms with Gasteiger partial charge in [-0.05, 0) is 24.3 Å². The molecule has 0 aliphatic carbocycles. The van der Waals surface area contributed by atoms with Crippen LogP contribution in [-0.4, -0.2) is 26.8 Å². The number of aromatic carboxylic acids is 1. The number of aromatic nitrogens is 2. The first-order valence-electron chi connectivity index (χ1n) is 5.41. The predicted octanol–water partition coefficient (Wildman–Crippen LogP) is 0.953. The van der Waals surface area contributed by atoms with Crippen LogP contribution in [0.1, 0.15) is 20.8 Å². The lowest BCUT2D eigenvalue weighted by Crippen LogP contribution is -2.16. The Morgan fingerprint density at radius 1 is 1.32 bits per heavy atom. The van der Waals surface area contributed by atoms with Crippen LogP contribution in [0.3, 0.4) is 0 Å². The van der Waals surface area contributed by atoms with Crippen molar-refractivity contribution >= 4 is 23.4 Å². The Bertz CT molecular complexity index is 631. The Labute approximate surface area is 108 Å². The van der Waals surface area contributed by atoms with Crippen LogP contribution in [0.25, 0.3) is 0 Å². The van der Waals surface area contributed by atoms with Crippen molar-refractivity contribution in [3.63, 3.8) is 0 Å². The molecule has 0 radical (unpaired) electrons. The largest absolute Gasteiger partial charge is 0.478 e. The minimum Gasteiger partial charge on any atom is -0.478 e. The summed E-state index contributed by atoms with van der Waals surface area (Å²) in [6, 6.07) is 7.31. The third-order valence-electron chi connectivity index (χ3n) is 2.52. The third kappa shape index (κ3) is 2.71. The van der Waals surface area contributed by atoms with Crippen molar-refractivity contribution in [2.45, 2.75) is 0 Å². The van der Waals surface area contributed by atoms with E-state index < -0.39 is 5.97 Å². The van der Waals surface area contributed by atoms with Gasteiger partial charge in [0, 0.05) is 18.8 Å². The number of anilines is 2. The number of rotatable bonds is 3. The van der Waals surface area contributed by atoms with Crippen LogP contribution in [0.5, 0.6) is 0 Å². The summed E-state index contributed by atoms with van der Waals surface area (Å²) in [4.78, 5) is 22.6. The van der Waals surface area contributed by atoms with Crippen molar-refractivity contribution in [2.24, 2.45) is 7.05 Å². The van der Waals surface area contributed by atoms with E-state index in [4.69, 9.17) is 10.8 Å². The summed E-state index contributed by atoms with van der Waals surface area (Å²) in [5, 5.41) is 15.3. The van der Waals surface area contributed by atoms with E-state index in [1.54, 1.807) is 7.05 Å². The van der Waals surface area contributed by atoms with Crippen molar-refractivity contribution in [1.82, 2.24) is 9.78 Å². The van der Waals surface area contributed by atoms with Crippen molar-refractivity contribution in [1.29, 1.82) is 0 Å². The number of aryl methyl sites for hydroxylation is 1. The van der Waals surface area contributed by atoms with Crippen LogP contribution in [-0.2, 0) is 7.05 Å². The summed E-state index contributed by atoms with van der Waals surface area (Å²) in [6.45, 7) is 0. The first kappa shape index (κ1) is 12.6. The standard InChI is InChI=1S/C12H12N4O3/c1-16-9(6-10(13)15-16)11(17)14-8-4-2-7(3-5-8)12(18)19/h2-6H,1H3,(H2,13,15)(H,14,17)(H,18,19). The lowest BCUT2D eigenvalue weighted by atomic mass is 10.2. The minimum absolute atomic E-state index is 0.155. The molecule has 0 spiro atoms. The summed E-state index contributed by atoms with van der Waals surface area (Å²) in [7, 11) is 1.61. The molecule has 0 bridgehead atoms. The van der Waals surface area contributed by atoms with Gasteiger partial charge in [-0.2, -0.15) is 5.10 Å². The van der Waals surface area contributed by atoms with E-state index in [0.29, 0.717) is 11.4 Å². The van der Waals surface area contributed by atoms with Crippen molar-refractivity contribution in [3.8, 4) is 0 Å². The average molecular weight is 260 g/mol. The molecule has 19 heavy (non-hydrogen) atoms. The maximum atomic E-state index is 11.9. The molecule has 4 N–H and O–H groups in total. The average Bonchev–Trinajstić information content (AvgIpc) is 2.69. The van der Waals surface area contributed by atoms with Crippen LogP contribution < -0.4 is 11.1 Å². The second-order valence-electron chi connectivity index (χ2n) is 3.91. The summed E-state index contributed by atoms with van der Waals surface area (Å²) in [5.41, 5.74) is 6.46. The van der Waals surface area contributed by atoms with Crippen LogP contribution in [0.4, 0.5) is 11.5 Å². The molecule has 1 amide bonds. The van der Waals surface area contributed by atoms with Gasteiger partial charge in [-0.3, -0.25) is 9.48 Å². The normalized spacial score (nSPS) is 10.2. The van der Waals surface area contributed by atoms with E-state index in [1.807, 2.05) is 0 Å². The number of amides is 1. The van der Waals surface area contributed by atoms with Gasteiger partial charge in [0.2, 0.25) is 0 Å². The van der Waals surface area contributed by atoms with E-state index in [2.05, 4.69) is 10.4 Å². The quantitative estimate of drug-likeness (QED) is 0.761. The fourth-order valence-electron chi connectivity index (χ4n) is 1.59. The minimum atomic E-state index is -1.02. The SMILES string of the molecule is Cn1nc(N)cc1C(=O)Nc1ccc(C(=O)O)cc1. The number of hydrogen-bond acceptors (Lipinski definition) is 4. The van der Waals surface area contributed by atoms with Crippen LogP contribution in [0.15, 0.2) is 30.3 Å². The van der Waals surface area contributed by atoms with Gasteiger partial charge < -0.3 is 16.2 Å². The van der Waals surface area contributed by atoms with Gasteiger partial charge in [-0.15, -0.1) is 0 Å². The molecule has 1 heterocycles. The number of benzene rings is 1. The maximum absolute atomic E-state index is 11.9. The first-order valence-corrected chi connectivity index (χ1v) is 5.41. The second-order valence-corrected chi connectivity index (χ2v) is 3.91. The highest BCUT2D eigenvalue weighted by Gasteiger charge is 2.12. The molecule has 7 heteroatoms. The zero-order valence-electron chi connectivity index (χ0n) is 10.1. The summed E-state index contributed by atoms with van der Waals surface area (Å²) in [6.07, 6.45) is 0. The summed E-state index contributed by atoms with van der Waals surface area (Å²) >= 11 is 0. The zero-order chi connectivity index (χ0) is 14.0. The fourth-order valence-corrected chi connectivity index (χ4v) is 1.59. The Morgan fingerprint density at radius 2 is 1.95 bits per heavy atom. The van der Waals surface area contributed by atoms with Crippen LogP contribution >= 0.6 is 0 Å². The van der Waals surface area contributed by atoms with E-state index in [1.165, 1.54) is 35.0 Å². The number of hydrogen-bond donors (Lipinski definition) is 3. The molecule has 7 nitrogen and oxygen atoms in total. The Morgan fingerprint density at radius 3 is 2.42 bits per heavy atom. The highest BCUT2D eigenvalue weighted by Crippen LogP contribution is 2.12. The molecule has 2 aromatic rings. The number of carbonyl (C=O) groups is 2. The van der Waals surface area contributed by atoms with Gasteiger partial charge >= 0.3 is 5.97 Å². The van der Waals surface area contributed by atoms with Crippen molar-refractivity contribution < 1.29 is 14.7 Å². The maximum Gasteiger partial charge on any atom is 0.335 e. The number of nitrogens with two attached hydrogens (primary N) is 1. The van der Waals surface area contributed by atoms with Crippen molar-refractivity contribution in [3.05, 3.63) is 41.6 Å². The number of nitrogens with one attached hydrogen (secondary N) is 1. The molecule has 0 unspecified atom stereocenters. The Hall–Kier alpha value is -2.83. The molecule has 2 rings (SSSR count).